The molecular formula is C23H21FN6OS. The number of pyridine rings is 1. The Morgan fingerprint density at radius 3 is 2.66 bits per heavy atom. The summed E-state index contributed by atoms with van der Waals surface area (Å²) in [5.74, 6) is 0.281. The molecule has 0 spiro atoms. The van der Waals surface area contributed by atoms with Crippen LogP contribution in [0, 0.1) is 13.0 Å². The van der Waals surface area contributed by atoms with Crippen molar-refractivity contribution in [2.24, 2.45) is 0 Å². The summed E-state index contributed by atoms with van der Waals surface area (Å²) in [4.78, 5) is 28.1. The molecule has 0 fully saturated rings. The topological polar surface area (TPSA) is 88.5 Å². The molecule has 0 amide bonds. The number of hydrogen-bond acceptors (Lipinski definition) is 5. The van der Waals surface area contributed by atoms with Gasteiger partial charge in [0.25, 0.3) is 5.56 Å². The van der Waals surface area contributed by atoms with Gasteiger partial charge in [-0.25, -0.2) is 4.98 Å². The number of nitrogens with zero attached hydrogens (tertiary/aromatic N) is 4. The van der Waals surface area contributed by atoms with Gasteiger partial charge in [-0.15, -0.1) is 0 Å². The smallest absolute Gasteiger partial charge is 0.312 e. The van der Waals surface area contributed by atoms with Gasteiger partial charge in [-0.05, 0) is 43.0 Å². The number of fused-ring (bicyclic) bond motifs is 2. The molecule has 3 aromatic heterocycles. The third-order valence-electron chi connectivity index (χ3n) is 5.35. The van der Waals surface area contributed by atoms with Crippen LogP contribution in [0.1, 0.15) is 24.2 Å². The molecule has 0 unspecified atom stereocenters. The lowest BCUT2D eigenvalue weighted by Gasteiger charge is -2.22. The van der Waals surface area contributed by atoms with Crippen molar-refractivity contribution in [1.29, 1.82) is 0 Å². The van der Waals surface area contributed by atoms with Gasteiger partial charge in [0.05, 0.1) is 17.8 Å². The van der Waals surface area contributed by atoms with E-state index in [1.807, 2.05) is 68.4 Å². The summed E-state index contributed by atoms with van der Waals surface area (Å²) >= 11 is 0. The monoisotopic (exact) mass is 448 g/mol. The molecule has 162 valence electrons. The maximum atomic E-state index is 13.9. The van der Waals surface area contributed by atoms with Crippen molar-refractivity contribution in [1.82, 2.24) is 24.5 Å². The summed E-state index contributed by atoms with van der Waals surface area (Å²) in [6, 6.07) is 16.8. The molecule has 1 atom stereocenters. The van der Waals surface area contributed by atoms with Crippen LogP contribution in [0.3, 0.4) is 0 Å². The van der Waals surface area contributed by atoms with Crippen molar-refractivity contribution in [3.8, 4) is 5.69 Å². The quantitative estimate of drug-likeness (QED) is 0.398. The molecular weight excluding hydrogens is 427 g/mol. The molecule has 0 saturated heterocycles. The number of benzene rings is 2. The van der Waals surface area contributed by atoms with Crippen LogP contribution in [0.15, 0.2) is 65.7 Å². The minimum Gasteiger partial charge on any atom is -0.360 e. The Hall–Kier alpha value is -3.72. The summed E-state index contributed by atoms with van der Waals surface area (Å²) in [5, 5.41) is 4.74. The highest BCUT2D eigenvalue weighted by Gasteiger charge is 2.19. The molecule has 3 heterocycles. The number of imidazole rings is 1. The number of aromatic nitrogens is 5. The fourth-order valence-electron chi connectivity index (χ4n) is 3.91. The van der Waals surface area contributed by atoms with Gasteiger partial charge >= 0.3 is 6.08 Å². The minimum atomic E-state index is -0.871. The minimum absolute atomic E-state index is 0. The summed E-state index contributed by atoms with van der Waals surface area (Å²) in [5.41, 5.74) is 3.01. The zero-order chi connectivity index (χ0) is 21.5. The van der Waals surface area contributed by atoms with E-state index in [9.17, 15) is 9.18 Å². The van der Waals surface area contributed by atoms with Gasteiger partial charge in [0.2, 0.25) is 0 Å². The van der Waals surface area contributed by atoms with Crippen molar-refractivity contribution in [3.05, 3.63) is 88.6 Å². The number of anilines is 1. The summed E-state index contributed by atoms with van der Waals surface area (Å²) in [6.45, 7) is 3.83. The first kappa shape index (κ1) is 21.5. The van der Waals surface area contributed by atoms with Gasteiger partial charge in [-0.3, -0.25) is 9.36 Å². The van der Waals surface area contributed by atoms with Gasteiger partial charge in [-0.1, -0.05) is 36.4 Å². The van der Waals surface area contributed by atoms with Gasteiger partial charge in [0, 0.05) is 11.4 Å². The first-order valence-electron chi connectivity index (χ1n) is 9.87. The van der Waals surface area contributed by atoms with Gasteiger partial charge in [0.1, 0.15) is 5.52 Å². The lowest BCUT2D eigenvalue weighted by atomic mass is 10.0. The van der Waals surface area contributed by atoms with Crippen molar-refractivity contribution in [2.45, 2.75) is 19.9 Å². The summed E-state index contributed by atoms with van der Waals surface area (Å²) in [6.07, 6.45) is 0.566. The van der Waals surface area contributed by atoms with Crippen molar-refractivity contribution in [2.75, 3.05) is 5.32 Å². The van der Waals surface area contributed by atoms with E-state index >= 15 is 0 Å². The van der Waals surface area contributed by atoms with E-state index in [0.29, 0.717) is 10.9 Å². The lowest BCUT2D eigenvalue weighted by molar-refractivity contribution is 0.544. The third-order valence-corrected chi connectivity index (χ3v) is 5.35. The maximum absolute atomic E-state index is 13.9. The van der Waals surface area contributed by atoms with Crippen molar-refractivity contribution < 1.29 is 4.39 Å². The van der Waals surface area contributed by atoms with Crippen LogP contribution >= 0.6 is 13.5 Å². The molecule has 5 aromatic rings. The normalized spacial score (nSPS) is 12.0. The van der Waals surface area contributed by atoms with E-state index in [1.165, 1.54) is 6.33 Å². The Bertz CT molecular complexity index is 1480. The Morgan fingerprint density at radius 1 is 1.09 bits per heavy atom. The third kappa shape index (κ3) is 3.60. The van der Waals surface area contributed by atoms with Crippen LogP contribution in [0.25, 0.3) is 27.6 Å². The van der Waals surface area contributed by atoms with E-state index < -0.39 is 6.08 Å². The number of aromatic amines is 1. The maximum Gasteiger partial charge on any atom is 0.312 e. The average Bonchev–Trinajstić information content (AvgIpc) is 3.22. The van der Waals surface area contributed by atoms with E-state index in [2.05, 4.69) is 25.3 Å². The van der Waals surface area contributed by atoms with Crippen LogP contribution in [-0.2, 0) is 0 Å². The summed E-state index contributed by atoms with van der Waals surface area (Å²) < 4.78 is 15.6. The molecule has 0 aliphatic heterocycles. The van der Waals surface area contributed by atoms with Crippen molar-refractivity contribution in [3.63, 3.8) is 0 Å². The zero-order valence-electron chi connectivity index (χ0n) is 17.4. The second kappa shape index (κ2) is 8.43. The molecule has 0 aliphatic carbocycles. The molecule has 9 heteroatoms. The van der Waals surface area contributed by atoms with E-state index in [4.69, 9.17) is 0 Å². The Balaban J connectivity index is 0.00000245. The van der Waals surface area contributed by atoms with Crippen LogP contribution < -0.4 is 10.9 Å². The number of hydrogen-bond donors (Lipinski definition) is 2. The predicted octanol–water partition coefficient (Wildman–Crippen LogP) is 4.39. The highest BCUT2D eigenvalue weighted by Crippen LogP contribution is 2.26. The van der Waals surface area contributed by atoms with Gasteiger partial charge in [-0.2, -0.15) is 27.9 Å². The van der Waals surface area contributed by atoms with Crippen LogP contribution in [0.5, 0.6) is 0 Å². The molecule has 0 radical (unpaired) electrons. The number of rotatable bonds is 4. The van der Waals surface area contributed by atoms with Gasteiger partial charge < -0.3 is 10.3 Å². The Kier molecular flexibility index (Phi) is 5.67. The second-order valence-electron chi connectivity index (χ2n) is 7.39. The van der Waals surface area contributed by atoms with Crippen LogP contribution in [0.4, 0.5) is 10.2 Å². The lowest BCUT2D eigenvalue weighted by Crippen LogP contribution is -2.26. The Morgan fingerprint density at radius 2 is 1.88 bits per heavy atom. The molecule has 32 heavy (non-hydrogen) atoms. The van der Waals surface area contributed by atoms with Gasteiger partial charge in [0.15, 0.2) is 11.5 Å². The van der Waals surface area contributed by atoms with E-state index in [-0.39, 0.29) is 36.6 Å². The van der Waals surface area contributed by atoms with E-state index in [0.717, 1.165) is 22.3 Å². The molecule has 0 bridgehead atoms. The molecule has 0 saturated carbocycles. The predicted molar refractivity (Wildman–Crippen MR) is 128 cm³/mol. The highest BCUT2D eigenvalue weighted by molar-refractivity contribution is 7.59. The number of halogens is 1. The molecule has 0 aliphatic rings. The summed E-state index contributed by atoms with van der Waals surface area (Å²) in [7, 11) is 0. The zero-order valence-corrected chi connectivity index (χ0v) is 18.4. The molecule has 2 aromatic carbocycles. The van der Waals surface area contributed by atoms with Crippen molar-refractivity contribution >= 4 is 41.2 Å². The fraction of sp³-hybridized carbons (Fsp3) is 0.130. The molecule has 5 rings (SSSR count). The highest BCUT2D eigenvalue weighted by atomic mass is 32.1. The number of nitrogens with one attached hydrogen (secondary N) is 2. The van der Waals surface area contributed by atoms with E-state index in [1.54, 1.807) is 4.57 Å². The fourth-order valence-corrected chi connectivity index (χ4v) is 3.91. The second-order valence-corrected chi connectivity index (χ2v) is 7.39. The largest absolute Gasteiger partial charge is 0.360 e. The molecule has 7 nitrogen and oxygen atoms in total. The first-order valence-corrected chi connectivity index (χ1v) is 9.87. The SMILES string of the molecule is Cc1cccc2cc([C@H](C)Nc3nc(F)nc4nc[nH]c34)n(-c3ccccc3)c(=O)c12.S. The Labute approximate surface area is 189 Å². The number of aryl methyl sites for hydroxylation is 1. The van der Waals surface area contributed by atoms with Crippen LogP contribution in [-0.4, -0.2) is 24.5 Å². The average molecular weight is 449 g/mol. The number of para-hydroxylation sites is 1. The molecule has 2 N–H and O–H groups in total. The van der Waals surface area contributed by atoms with Crippen LogP contribution in [0.2, 0.25) is 0 Å². The number of H-pyrrole nitrogens is 1. The first-order chi connectivity index (χ1) is 15.0. The standard InChI is InChI=1S/C23H19FN6O.H2S/c1-13-7-6-8-15-11-17(30(22(31)18(13)15)16-9-4-3-5-10-16)14(2)27-21-19-20(26-12-25-19)28-23(24)29-21;/h3-12,14H,1-2H3,(H2,25,26,27,28,29);1H2/t14-;/m0./s1.